The van der Waals surface area contributed by atoms with Crippen LogP contribution in [0.1, 0.15) is 35.8 Å². The molecule has 2 aromatic rings. The van der Waals surface area contributed by atoms with Crippen LogP contribution in [0.25, 0.3) is 0 Å². The first-order chi connectivity index (χ1) is 16.6. The van der Waals surface area contributed by atoms with Gasteiger partial charge in [-0.25, -0.2) is 15.1 Å². The van der Waals surface area contributed by atoms with Crippen molar-refractivity contribution in [3.63, 3.8) is 0 Å². The highest BCUT2D eigenvalue weighted by atomic mass is 32.3. The molecule has 1 unspecified atom stereocenters. The van der Waals surface area contributed by atoms with Gasteiger partial charge in [-0.3, -0.25) is 14.2 Å². The third kappa shape index (κ3) is 4.97. The number of amides is 2. The molecule has 0 saturated carbocycles. The number of benzene rings is 1. The van der Waals surface area contributed by atoms with Gasteiger partial charge >= 0.3 is 22.4 Å². The minimum atomic E-state index is -4.95. The average Bonchev–Trinajstić information content (AvgIpc) is 3.33. The molecule has 4 rings (SSSR count). The molecule has 3 heterocycles. The molecule has 188 valence electrons. The molecular weight excluding hydrogens is 484 g/mol. The van der Waals surface area contributed by atoms with Crippen molar-refractivity contribution < 1.29 is 36.4 Å². The minimum Gasteiger partial charge on any atom is -0.362 e. The lowest BCUT2D eigenvalue weighted by Crippen LogP contribution is -2.45. The Morgan fingerprint density at radius 2 is 2.06 bits per heavy atom. The van der Waals surface area contributed by atoms with Crippen molar-refractivity contribution in [2.24, 2.45) is 12.0 Å². The molecule has 2 bridgehead atoms. The number of fused-ring (bicyclic) bond motifs is 4. The van der Waals surface area contributed by atoms with E-state index >= 15 is 0 Å². The van der Waals surface area contributed by atoms with Gasteiger partial charge in [0.25, 0.3) is 0 Å². The Balaban J connectivity index is 1.49. The predicted molar refractivity (Wildman–Crippen MR) is 119 cm³/mol. The molecule has 0 aliphatic carbocycles. The lowest BCUT2D eigenvalue weighted by atomic mass is 9.97. The summed E-state index contributed by atoms with van der Waals surface area (Å²) in [5.41, 5.74) is 4.37. The van der Waals surface area contributed by atoms with Crippen LogP contribution in [0.3, 0.4) is 0 Å². The van der Waals surface area contributed by atoms with Crippen LogP contribution in [0.2, 0.25) is 0 Å². The van der Waals surface area contributed by atoms with E-state index in [1.807, 2.05) is 30.3 Å². The molecule has 0 spiro atoms. The van der Waals surface area contributed by atoms with Crippen LogP contribution >= 0.6 is 0 Å². The SMILES string of the molecule is CN=C(NOC(=O)C(C)OCc1ccccc1)[C@@H]1c2c(cnn2C)[C@@H]2CN1C(=O)N2OS(=O)(=O)O. The zero-order chi connectivity index (χ0) is 25.3. The monoisotopic (exact) mass is 508 g/mol. The third-order valence-electron chi connectivity index (χ3n) is 5.64. The van der Waals surface area contributed by atoms with Crippen LogP contribution in [0.5, 0.6) is 0 Å². The van der Waals surface area contributed by atoms with Gasteiger partial charge in [-0.2, -0.15) is 18.6 Å². The van der Waals surface area contributed by atoms with Gasteiger partial charge in [0.2, 0.25) is 0 Å². The molecule has 2 N–H and O–H groups in total. The molecule has 1 saturated heterocycles. The zero-order valence-electron chi connectivity index (χ0n) is 19.1. The number of rotatable bonds is 7. The lowest BCUT2D eigenvalue weighted by molar-refractivity contribution is -0.161. The van der Waals surface area contributed by atoms with E-state index in [2.05, 4.69) is 19.9 Å². The fourth-order valence-electron chi connectivity index (χ4n) is 3.98. The van der Waals surface area contributed by atoms with Gasteiger partial charge in [0.1, 0.15) is 12.1 Å². The van der Waals surface area contributed by atoms with Gasteiger partial charge in [0.05, 0.1) is 25.0 Å². The Morgan fingerprint density at radius 1 is 1.34 bits per heavy atom. The van der Waals surface area contributed by atoms with Gasteiger partial charge in [0, 0.05) is 19.7 Å². The first-order valence-electron chi connectivity index (χ1n) is 10.5. The highest BCUT2D eigenvalue weighted by Gasteiger charge is 2.53. The van der Waals surface area contributed by atoms with Crippen LogP contribution in [-0.4, -0.2) is 70.2 Å². The zero-order valence-corrected chi connectivity index (χ0v) is 19.9. The number of carbonyl (C=O) groups excluding carboxylic acids is 2. The van der Waals surface area contributed by atoms with E-state index in [4.69, 9.17) is 14.1 Å². The quantitative estimate of drug-likeness (QED) is 0.235. The summed E-state index contributed by atoms with van der Waals surface area (Å²) in [5.74, 6) is -0.635. The Hall–Kier alpha value is -3.53. The van der Waals surface area contributed by atoms with E-state index in [1.54, 1.807) is 7.05 Å². The van der Waals surface area contributed by atoms with Crippen molar-refractivity contribution >= 4 is 28.2 Å². The Labute approximate surface area is 200 Å². The summed E-state index contributed by atoms with van der Waals surface area (Å²) in [6, 6.07) is 6.74. The van der Waals surface area contributed by atoms with E-state index in [0.717, 1.165) is 5.56 Å². The third-order valence-corrected chi connectivity index (χ3v) is 5.99. The molecule has 14 nitrogen and oxygen atoms in total. The number of urea groups is 1. The molecular formula is C20H24N6O8S. The standard InChI is InChI=1S/C20H24N6O8S/c1-12(32-11-13-7-5-4-6-8-13)19(27)33-23-18(21-2)17-16-14(9-22-24(16)3)15-10-25(17)20(28)26(15)34-35(29,30)31/h4-9,12,15,17H,10-11H2,1-3H3,(H,21,23)(H,29,30,31)/t12?,15-,17-/m0/s1. The summed E-state index contributed by atoms with van der Waals surface area (Å²) in [6.45, 7) is 1.76. The second kappa shape index (κ2) is 9.61. The number of hydrogen-bond acceptors (Lipinski definition) is 9. The summed E-state index contributed by atoms with van der Waals surface area (Å²) in [7, 11) is -1.89. The highest BCUT2D eigenvalue weighted by Crippen LogP contribution is 2.44. The molecule has 2 aliphatic rings. The number of nitrogens with one attached hydrogen (secondary N) is 1. The second-order valence-electron chi connectivity index (χ2n) is 7.86. The predicted octanol–water partition coefficient (Wildman–Crippen LogP) is 0.669. The maximum absolute atomic E-state index is 13.0. The maximum atomic E-state index is 13.0. The summed E-state index contributed by atoms with van der Waals surface area (Å²) >= 11 is 0. The number of hydroxylamine groups is 3. The first kappa shape index (κ1) is 24.6. The molecule has 1 aromatic heterocycles. The second-order valence-corrected chi connectivity index (χ2v) is 8.87. The van der Waals surface area contributed by atoms with Crippen LogP contribution in [0.4, 0.5) is 4.79 Å². The number of ether oxygens (including phenoxy) is 1. The molecule has 3 atom stereocenters. The van der Waals surface area contributed by atoms with Crippen molar-refractivity contribution in [1.29, 1.82) is 0 Å². The van der Waals surface area contributed by atoms with Crippen LogP contribution < -0.4 is 5.48 Å². The summed E-state index contributed by atoms with van der Waals surface area (Å²) in [4.78, 5) is 36.0. The van der Waals surface area contributed by atoms with Crippen molar-refractivity contribution in [3.05, 3.63) is 53.3 Å². The van der Waals surface area contributed by atoms with Crippen LogP contribution in [0, 0.1) is 0 Å². The summed E-state index contributed by atoms with van der Waals surface area (Å²) in [6.07, 6.45) is 0.554. The largest absolute Gasteiger partial charge is 0.418 e. The number of nitrogens with zero attached hydrogens (tertiary/aromatic N) is 5. The van der Waals surface area contributed by atoms with Gasteiger partial charge in [0.15, 0.2) is 11.9 Å². The fraction of sp³-hybridized carbons (Fsp3) is 0.400. The van der Waals surface area contributed by atoms with Crippen LogP contribution in [-0.2, 0) is 42.7 Å². The van der Waals surface area contributed by atoms with Gasteiger partial charge in [-0.05, 0) is 12.5 Å². The normalized spacial score (nSPS) is 20.6. The summed E-state index contributed by atoms with van der Waals surface area (Å²) in [5, 5.41) is 4.75. The molecule has 2 amide bonds. The van der Waals surface area contributed by atoms with E-state index in [1.165, 1.54) is 29.7 Å². The topological polar surface area (TPSA) is 165 Å². The van der Waals surface area contributed by atoms with Gasteiger partial charge in [-0.1, -0.05) is 30.3 Å². The fourth-order valence-corrected chi connectivity index (χ4v) is 4.35. The Bertz CT molecular complexity index is 1250. The van der Waals surface area contributed by atoms with Crippen LogP contribution in [0.15, 0.2) is 41.5 Å². The molecule has 15 heteroatoms. The Kier molecular flexibility index (Phi) is 6.75. The lowest BCUT2D eigenvalue weighted by Gasteiger charge is -2.31. The maximum Gasteiger partial charge on any atom is 0.418 e. The molecule has 1 aromatic carbocycles. The van der Waals surface area contributed by atoms with E-state index in [0.29, 0.717) is 16.3 Å². The van der Waals surface area contributed by atoms with Crippen molar-refractivity contribution in [2.75, 3.05) is 13.6 Å². The number of aromatic nitrogens is 2. The van der Waals surface area contributed by atoms with Crippen molar-refractivity contribution in [2.45, 2.75) is 31.7 Å². The smallest absolute Gasteiger partial charge is 0.362 e. The van der Waals surface area contributed by atoms with E-state index in [9.17, 15) is 18.0 Å². The van der Waals surface area contributed by atoms with Gasteiger partial charge < -0.3 is 14.5 Å². The number of amidine groups is 1. The number of hydrogen-bond donors (Lipinski definition) is 2. The first-order valence-corrected chi connectivity index (χ1v) is 11.8. The number of aryl methyl sites for hydroxylation is 1. The summed E-state index contributed by atoms with van der Waals surface area (Å²) < 4.78 is 43.3. The molecule has 1 fully saturated rings. The number of aliphatic imine (C=N–C) groups is 1. The molecule has 0 radical (unpaired) electrons. The molecule has 35 heavy (non-hydrogen) atoms. The minimum absolute atomic E-state index is 0.0168. The van der Waals surface area contributed by atoms with Crippen molar-refractivity contribution in [1.82, 2.24) is 25.2 Å². The Morgan fingerprint density at radius 3 is 2.71 bits per heavy atom. The van der Waals surface area contributed by atoms with E-state index < -0.39 is 40.6 Å². The van der Waals surface area contributed by atoms with E-state index in [-0.39, 0.29) is 19.0 Å². The average molecular weight is 509 g/mol. The van der Waals surface area contributed by atoms with Gasteiger partial charge in [-0.15, -0.1) is 4.28 Å². The van der Waals surface area contributed by atoms with Crippen molar-refractivity contribution in [3.8, 4) is 0 Å². The molecule has 2 aliphatic heterocycles. The highest BCUT2D eigenvalue weighted by molar-refractivity contribution is 7.80. The number of carbonyl (C=O) groups is 2.